The number of carbonyl (C=O) groups excluding carboxylic acids is 1. The molecule has 0 amide bonds. The first-order valence-electron chi connectivity index (χ1n) is 12.0. The van der Waals surface area contributed by atoms with Gasteiger partial charge >= 0.3 is 23.3 Å². The molecule has 6 nitrogen and oxygen atoms in total. The van der Waals surface area contributed by atoms with Gasteiger partial charge in [0.2, 0.25) is 0 Å². The number of unbranched alkanes of at least 4 members (excludes halogenated alkanes) is 11. The molecule has 1 heterocycles. The van der Waals surface area contributed by atoms with E-state index < -0.39 is 37.0 Å². The van der Waals surface area contributed by atoms with Crippen LogP contribution in [0.5, 0.6) is 0 Å². The van der Waals surface area contributed by atoms with Crippen LogP contribution in [-0.2, 0) is 14.3 Å². The van der Waals surface area contributed by atoms with Crippen LogP contribution in [0.1, 0.15) is 96.8 Å². The smallest absolute Gasteiger partial charge is 0.852 e. The first kappa shape index (κ1) is 30.6. The Morgan fingerprint density at radius 1 is 0.968 bits per heavy atom. The monoisotopic (exact) mass is 452 g/mol. The number of rotatable bonds is 18. The molecule has 0 saturated carbocycles. The molecule has 0 unspecified atom stereocenters. The average molecular weight is 453 g/mol. The Labute approximate surface area is 199 Å². The van der Waals surface area contributed by atoms with Gasteiger partial charge in [-0.2, -0.15) is 0 Å². The minimum atomic E-state index is -1.54. The molecule has 176 valence electrons. The van der Waals surface area contributed by atoms with Gasteiger partial charge in [-0.05, 0) is 32.1 Å². The molecule has 7 heteroatoms. The van der Waals surface area contributed by atoms with E-state index in [4.69, 9.17) is 9.47 Å². The second kappa shape index (κ2) is 20.2. The van der Waals surface area contributed by atoms with Crippen molar-refractivity contribution in [1.29, 1.82) is 0 Å². The van der Waals surface area contributed by atoms with Crippen LogP contribution in [-0.4, -0.2) is 61.0 Å². The number of ether oxygens (including phenoxy) is 2. The zero-order valence-corrected chi connectivity index (χ0v) is 20.5. The fourth-order valence-electron chi connectivity index (χ4n) is 3.69. The largest absolute Gasteiger partial charge is 3.00 e. The van der Waals surface area contributed by atoms with E-state index >= 15 is 0 Å². The van der Waals surface area contributed by atoms with E-state index in [1.807, 2.05) is 0 Å². The number of hydrogen-bond donors (Lipinski definition) is 0. The van der Waals surface area contributed by atoms with Gasteiger partial charge in [0.15, 0.2) is 0 Å². The maximum atomic E-state index is 11.9. The van der Waals surface area contributed by atoms with Crippen LogP contribution in [0.25, 0.3) is 0 Å². The maximum Gasteiger partial charge on any atom is 3.00 e. The van der Waals surface area contributed by atoms with Gasteiger partial charge in [-0.1, -0.05) is 77.0 Å². The normalized spacial score (nSPS) is 21.9. The van der Waals surface area contributed by atoms with E-state index in [2.05, 4.69) is 19.1 Å². The van der Waals surface area contributed by atoms with E-state index in [1.165, 1.54) is 44.9 Å². The molecule has 1 rings (SSSR count). The van der Waals surface area contributed by atoms with Gasteiger partial charge in [0.25, 0.3) is 0 Å². The second-order valence-electron chi connectivity index (χ2n) is 8.33. The van der Waals surface area contributed by atoms with Crippen molar-refractivity contribution in [1.82, 2.24) is 0 Å². The molecule has 0 aromatic carbocycles. The molecule has 0 radical (unpaired) electrons. The summed E-state index contributed by atoms with van der Waals surface area (Å²) in [5.74, 6) is -0.487. The molecule has 0 bridgehead atoms. The summed E-state index contributed by atoms with van der Waals surface area (Å²) in [5.41, 5.74) is 0. The summed E-state index contributed by atoms with van der Waals surface area (Å²) < 4.78 is 10.2. The summed E-state index contributed by atoms with van der Waals surface area (Å²) in [5, 5.41) is 34.2. The Bertz CT molecular complexity index is 459. The second-order valence-corrected chi connectivity index (χ2v) is 8.33. The van der Waals surface area contributed by atoms with Crippen LogP contribution in [0.2, 0.25) is 0 Å². The molecule has 0 N–H and O–H groups in total. The van der Waals surface area contributed by atoms with Gasteiger partial charge in [0.1, 0.15) is 6.10 Å². The summed E-state index contributed by atoms with van der Waals surface area (Å²) in [6.45, 7) is 1.27. The van der Waals surface area contributed by atoms with E-state index in [-0.39, 0.29) is 30.4 Å². The minimum Gasteiger partial charge on any atom is -0.852 e. The summed E-state index contributed by atoms with van der Waals surface area (Å²) in [6, 6.07) is 0. The van der Waals surface area contributed by atoms with Crippen molar-refractivity contribution in [2.45, 2.75) is 121 Å². The number of carbonyl (C=O) groups is 1. The topological polar surface area (TPSA) is 105 Å². The van der Waals surface area contributed by atoms with Gasteiger partial charge in [-0.15, -0.1) is 12.2 Å². The van der Waals surface area contributed by atoms with Gasteiger partial charge in [0.05, 0.1) is 6.10 Å². The van der Waals surface area contributed by atoms with Crippen LogP contribution in [0.15, 0.2) is 12.2 Å². The van der Waals surface area contributed by atoms with Gasteiger partial charge < -0.3 is 24.8 Å². The first-order valence-corrected chi connectivity index (χ1v) is 12.0. The van der Waals surface area contributed by atoms with Gasteiger partial charge in [-0.3, -0.25) is 4.79 Å². The van der Waals surface area contributed by atoms with Gasteiger partial charge in [-0.25, -0.2) is 0 Å². The third kappa shape index (κ3) is 14.4. The predicted molar refractivity (Wildman–Crippen MR) is 117 cm³/mol. The van der Waals surface area contributed by atoms with Crippen molar-refractivity contribution in [2.24, 2.45) is 0 Å². The zero-order valence-electron chi connectivity index (χ0n) is 19.3. The molecule has 0 spiro atoms. The Kier molecular flexibility index (Phi) is 19.9. The molecule has 0 aromatic rings. The minimum absolute atomic E-state index is 0. The van der Waals surface area contributed by atoms with E-state index in [9.17, 15) is 20.1 Å². The molecule has 4 atom stereocenters. The summed E-state index contributed by atoms with van der Waals surface area (Å²) in [4.78, 5) is 11.9. The fourth-order valence-corrected chi connectivity index (χ4v) is 3.69. The van der Waals surface area contributed by atoms with E-state index in [0.29, 0.717) is 6.42 Å². The fraction of sp³-hybridized carbons (Fsp3) is 0.875. The molecule has 1 saturated heterocycles. The molecular weight excluding hydrogens is 411 g/mol. The maximum absolute atomic E-state index is 11.9. The van der Waals surface area contributed by atoms with E-state index in [0.717, 1.165) is 32.1 Å². The first-order chi connectivity index (χ1) is 14.6. The van der Waals surface area contributed by atoms with Crippen LogP contribution >= 0.6 is 0 Å². The predicted octanol–water partition coefficient (Wildman–Crippen LogP) is 1.77. The van der Waals surface area contributed by atoms with Crippen LogP contribution in [0, 0.1) is 0 Å². The number of esters is 1. The number of allylic oxidation sites excluding steroid dienone is 2. The quantitative estimate of drug-likeness (QED) is 0.136. The Balaban J connectivity index is 0.00000900. The zero-order chi connectivity index (χ0) is 22.0. The third-order valence-electron chi connectivity index (χ3n) is 5.60. The Morgan fingerprint density at radius 2 is 1.52 bits per heavy atom. The molecule has 0 aliphatic carbocycles. The number of hydrogen-bond acceptors (Lipinski definition) is 6. The molecule has 1 aliphatic rings. The SMILES string of the molecule is CCCCCCCC/C=C\CCCCCCCC(=O)O[C@H](C[O-])[C@H]1OC[C@H]([O-])[C@H]1[O-].[Al+3]. The third-order valence-corrected chi connectivity index (χ3v) is 5.60. The van der Waals surface area contributed by atoms with E-state index in [1.54, 1.807) is 0 Å². The van der Waals surface area contributed by atoms with Crippen molar-refractivity contribution in [3.05, 3.63) is 12.2 Å². The average Bonchev–Trinajstić information content (AvgIpc) is 3.07. The van der Waals surface area contributed by atoms with Crippen molar-refractivity contribution in [2.75, 3.05) is 13.2 Å². The molecule has 0 aromatic heterocycles. The summed E-state index contributed by atoms with van der Waals surface area (Å²) >= 11 is 0. The van der Waals surface area contributed by atoms with Crippen molar-refractivity contribution in [3.8, 4) is 0 Å². The van der Waals surface area contributed by atoms with Crippen LogP contribution in [0.4, 0.5) is 0 Å². The molecular formula is C24H41AlO6. The summed E-state index contributed by atoms with van der Waals surface area (Å²) in [6.07, 6.45) is 14.9. The summed E-state index contributed by atoms with van der Waals surface area (Å²) in [7, 11) is 0. The Morgan fingerprint density at radius 3 is 2.03 bits per heavy atom. The van der Waals surface area contributed by atoms with Crippen LogP contribution in [0.3, 0.4) is 0 Å². The van der Waals surface area contributed by atoms with Gasteiger partial charge in [0, 0.05) is 13.0 Å². The Hall–Kier alpha value is -0.418. The van der Waals surface area contributed by atoms with Crippen molar-refractivity contribution in [3.63, 3.8) is 0 Å². The van der Waals surface area contributed by atoms with Crippen molar-refractivity contribution < 1.29 is 29.6 Å². The molecule has 1 aliphatic heterocycles. The van der Waals surface area contributed by atoms with Crippen molar-refractivity contribution >= 4 is 23.3 Å². The van der Waals surface area contributed by atoms with Crippen LogP contribution < -0.4 is 15.3 Å². The molecule has 31 heavy (non-hydrogen) atoms. The standard InChI is InChI=1S/C24H41O6.Al/c1-2-3-4-5-6-7-8-9-10-11-12-13-14-15-16-17-22(27)30-21(18-25)24-23(28)20(26)19-29-24;/h9-10,20-21,23-24H,2-8,11-19H2,1H3;/q-3;+3/b10-9-;/t20-,21+,23+,24+;/m0./s1. The molecule has 1 fully saturated rings.